The lowest BCUT2D eigenvalue weighted by atomic mass is 9.91. The molecule has 2 rings (SSSR count). The van der Waals surface area contributed by atoms with Crippen LogP contribution in [0, 0.1) is 0 Å². The maximum Gasteiger partial charge on any atom is 0.160 e. The summed E-state index contributed by atoms with van der Waals surface area (Å²) >= 11 is 0. The van der Waals surface area contributed by atoms with E-state index in [-0.39, 0.29) is 0 Å². The average molecular weight is 149 g/mol. The molecule has 0 unspecified atom stereocenters. The molecule has 0 spiro atoms. The number of carbonyl (C=O) groups excluding carboxylic acids is 1. The van der Waals surface area contributed by atoms with Gasteiger partial charge < -0.3 is 0 Å². The highest BCUT2D eigenvalue weighted by molar-refractivity contribution is 5.97. The molecule has 0 atom stereocenters. The predicted octanol–water partition coefficient (Wildman–Crippen LogP) is 1.86. The van der Waals surface area contributed by atoms with E-state index in [9.17, 15) is 4.79 Å². The largest absolute Gasteiger partial charge is 0.294 e. The topological polar surface area (TPSA) is 29.4 Å². The van der Waals surface area contributed by atoms with Crippen molar-refractivity contribution in [1.29, 1.82) is 0 Å². The molecule has 1 heterocycles. The molecule has 58 valence electrons. The lowest BCUT2D eigenvalue weighted by Gasteiger charge is -2.18. The number of carbonyl (C=O) groups is 1. The van der Waals surface area contributed by atoms with Crippen molar-refractivity contribution in [1.82, 2.24) is 0 Å². The van der Waals surface area contributed by atoms with Gasteiger partial charge in [-0.15, -0.1) is 0 Å². The van der Waals surface area contributed by atoms with Crippen molar-refractivity contribution in [2.24, 2.45) is 4.99 Å². The third-order valence-corrected chi connectivity index (χ3v) is 2.27. The number of aliphatic imine (C=N–C) groups is 1. The van der Waals surface area contributed by atoms with Crippen LogP contribution in [0.2, 0.25) is 0 Å². The van der Waals surface area contributed by atoms with Gasteiger partial charge in [0.05, 0.1) is 0 Å². The lowest BCUT2D eigenvalue weighted by Crippen LogP contribution is -2.13. The molecule has 1 aliphatic heterocycles. The second-order valence-electron chi connectivity index (χ2n) is 3.05. The summed E-state index contributed by atoms with van der Waals surface area (Å²) in [5.74, 6) is 0.336. The number of nitrogens with zero attached hydrogens (tertiary/aromatic N) is 1. The van der Waals surface area contributed by atoms with E-state index in [1.807, 2.05) is 6.21 Å². The molecule has 2 nitrogen and oxygen atoms in total. The Kier molecular flexibility index (Phi) is 1.60. The first-order valence-electron chi connectivity index (χ1n) is 4.15. The zero-order chi connectivity index (χ0) is 7.68. The Labute approximate surface area is 66.0 Å². The first kappa shape index (κ1) is 6.77. The Bertz CT molecular complexity index is 250. The zero-order valence-electron chi connectivity index (χ0n) is 6.47. The summed E-state index contributed by atoms with van der Waals surface area (Å²) in [6, 6.07) is 0. The summed E-state index contributed by atoms with van der Waals surface area (Å²) in [5.41, 5.74) is 2.08. The highest BCUT2D eigenvalue weighted by Gasteiger charge is 2.20. The van der Waals surface area contributed by atoms with Crippen LogP contribution in [0.3, 0.4) is 0 Å². The molecule has 1 aliphatic carbocycles. The van der Waals surface area contributed by atoms with E-state index in [4.69, 9.17) is 0 Å². The fourth-order valence-corrected chi connectivity index (χ4v) is 1.69. The van der Waals surface area contributed by atoms with Gasteiger partial charge in [-0.1, -0.05) is 0 Å². The van der Waals surface area contributed by atoms with Gasteiger partial charge in [-0.3, -0.25) is 9.79 Å². The van der Waals surface area contributed by atoms with Crippen molar-refractivity contribution in [3.63, 3.8) is 0 Å². The van der Waals surface area contributed by atoms with Gasteiger partial charge >= 0.3 is 0 Å². The third kappa shape index (κ3) is 1.13. The van der Waals surface area contributed by atoms with Crippen molar-refractivity contribution in [2.45, 2.75) is 32.1 Å². The summed E-state index contributed by atoms with van der Waals surface area (Å²) in [5, 5.41) is 0. The van der Waals surface area contributed by atoms with Crippen molar-refractivity contribution >= 4 is 12.0 Å². The van der Waals surface area contributed by atoms with E-state index >= 15 is 0 Å². The number of Topliss-reactive ketones (excluding diaryl/α,β-unsaturated/α-hetero) is 1. The van der Waals surface area contributed by atoms with E-state index in [1.54, 1.807) is 0 Å². The van der Waals surface area contributed by atoms with E-state index in [0.717, 1.165) is 43.4 Å². The van der Waals surface area contributed by atoms with E-state index in [2.05, 4.69) is 4.99 Å². The van der Waals surface area contributed by atoms with Crippen LogP contribution in [0.5, 0.6) is 0 Å². The first-order chi connectivity index (χ1) is 5.38. The maximum atomic E-state index is 11.3. The standard InChI is InChI=1S/C9H11NO/c11-9-5-1-4-8-7(9)3-2-6-10-8/h6H,1-5H2. The number of hydrogen-bond acceptors (Lipinski definition) is 2. The molecule has 0 radical (unpaired) electrons. The SMILES string of the molecule is O=C1CCCC2=C1CCC=N2. The third-order valence-electron chi connectivity index (χ3n) is 2.27. The molecule has 0 saturated carbocycles. The molecule has 0 fully saturated rings. The van der Waals surface area contributed by atoms with Crippen LogP contribution in [0.1, 0.15) is 32.1 Å². The number of allylic oxidation sites excluding steroid dienone is 2. The Morgan fingerprint density at radius 2 is 2.18 bits per heavy atom. The minimum Gasteiger partial charge on any atom is -0.294 e. The number of ketones is 1. The molecule has 0 N–H and O–H groups in total. The van der Waals surface area contributed by atoms with Crippen LogP contribution >= 0.6 is 0 Å². The summed E-state index contributed by atoms with van der Waals surface area (Å²) < 4.78 is 0. The van der Waals surface area contributed by atoms with Crippen molar-refractivity contribution in [2.75, 3.05) is 0 Å². The van der Waals surface area contributed by atoms with Crippen LogP contribution in [-0.4, -0.2) is 12.0 Å². The van der Waals surface area contributed by atoms with Gasteiger partial charge in [0.15, 0.2) is 5.78 Å². The van der Waals surface area contributed by atoms with Crippen LogP contribution < -0.4 is 0 Å². The molecular weight excluding hydrogens is 138 g/mol. The molecule has 0 aromatic rings. The van der Waals surface area contributed by atoms with Gasteiger partial charge in [0.25, 0.3) is 0 Å². The Morgan fingerprint density at radius 1 is 1.27 bits per heavy atom. The fourth-order valence-electron chi connectivity index (χ4n) is 1.69. The molecule has 2 heteroatoms. The summed E-state index contributed by atoms with van der Waals surface area (Å²) in [6.07, 6.45) is 6.56. The Morgan fingerprint density at radius 3 is 3.00 bits per heavy atom. The predicted molar refractivity (Wildman–Crippen MR) is 43.6 cm³/mol. The second kappa shape index (κ2) is 2.61. The van der Waals surface area contributed by atoms with Gasteiger partial charge in [-0.05, 0) is 25.7 Å². The highest BCUT2D eigenvalue weighted by Crippen LogP contribution is 2.27. The monoisotopic (exact) mass is 149 g/mol. The molecule has 0 aromatic heterocycles. The van der Waals surface area contributed by atoms with Crippen molar-refractivity contribution in [3.05, 3.63) is 11.3 Å². The molecule has 0 amide bonds. The Balaban J connectivity index is 2.35. The molecule has 0 saturated heterocycles. The molecule has 11 heavy (non-hydrogen) atoms. The van der Waals surface area contributed by atoms with Crippen LogP contribution in [0.25, 0.3) is 0 Å². The van der Waals surface area contributed by atoms with Gasteiger partial charge in [0.1, 0.15) is 0 Å². The summed E-state index contributed by atoms with van der Waals surface area (Å²) in [4.78, 5) is 15.5. The molecule has 0 aromatic carbocycles. The van der Waals surface area contributed by atoms with Gasteiger partial charge in [0, 0.05) is 23.9 Å². The number of rotatable bonds is 0. The van der Waals surface area contributed by atoms with Gasteiger partial charge in [-0.25, -0.2) is 0 Å². The fraction of sp³-hybridized carbons (Fsp3) is 0.556. The van der Waals surface area contributed by atoms with Crippen molar-refractivity contribution in [3.8, 4) is 0 Å². The Hall–Kier alpha value is -0.920. The smallest absolute Gasteiger partial charge is 0.160 e. The summed E-state index contributed by atoms with van der Waals surface area (Å²) in [7, 11) is 0. The molecule has 2 aliphatic rings. The van der Waals surface area contributed by atoms with Crippen molar-refractivity contribution < 1.29 is 4.79 Å². The quantitative estimate of drug-likeness (QED) is 0.517. The van der Waals surface area contributed by atoms with Crippen LogP contribution in [-0.2, 0) is 4.79 Å². The second-order valence-corrected chi connectivity index (χ2v) is 3.05. The normalized spacial score (nSPS) is 23.8. The van der Waals surface area contributed by atoms with Crippen LogP contribution in [0.15, 0.2) is 16.3 Å². The molecular formula is C9H11NO. The van der Waals surface area contributed by atoms with Gasteiger partial charge in [0.2, 0.25) is 0 Å². The van der Waals surface area contributed by atoms with Crippen LogP contribution in [0.4, 0.5) is 0 Å². The minimum atomic E-state index is 0.336. The average Bonchev–Trinajstić information content (AvgIpc) is 2.06. The van der Waals surface area contributed by atoms with Gasteiger partial charge in [-0.2, -0.15) is 0 Å². The van der Waals surface area contributed by atoms with E-state index in [1.165, 1.54) is 0 Å². The first-order valence-corrected chi connectivity index (χ1v) is 4.15. The maximum absolute atomic E-state index is 11.3. The minimum absolute atomic E-state index is 0.336. The van der Waals surface area contributed by atoms with E-state index < -0.39 is 0 Å². The summed E-state index contributed by atoms with van der Waals surface area (Å²) in [6.45, 7) is 0. The van der Waals surface area contributed by atoms with E-state index in [0.29, 0.717) is 5.78 Å². The molecule has 0 bridgehead atoms. The highest BCUT2D eigenvalue weighted by atomic mass is 16.1. The zero-order valence-corrected chi connectivity index (χ0v) is 6.47. The number of hydrogen-bond donors (Lipinski definition) is 0. The lowest BCUT2D eigenvalue weighted by molar-refractivity contribution is -0.116.